The molecule has 1 heterocycles. The van der Waals surface area contributed by atoms with E-state index in [9.17, 15) is 4.79 Å². The summed E-state index contributed by atoms with van der Waals surface area (Å²) in [6.45, 7) is 3.44. The lowest BCUT2D eigenvalue weighted by Gasteiger charge is -1.82. The van der Waals surface area contributed by atoms with E-state index in [2.05, 4.69) is 17.1 Å². The monoisotopic (exact) mass is 109 g/mol. The van der Waals surface area contributed by atoms with Crippen LogP contribution < -0.4 is 5.56 Å². The Labute approximate surface area is 46.4 Å². The molecule has 1 radical (unpaired) electrons. The SMILES string of the molecule is [CH2]c1ccn[nH]c1=O. The van der Waals surface area contributed by atoms with Crippen LogP contribution in [0.25, 0.3) is 0 Å². The molecule has 0 aliphatic heterocycles. The molecule has 0 atom stereocenters. The third-order valence-corrected chi connectivity index (χ3v) is 0.808. The Morgan fingerprint density at radius 2 is 2.50 bits per heavy atom. The van der Waals surface area contributed by atoms with Crippen molar-refractivity contribution in [3.8, 4) is 0 Å². The van der Waals surface area contributed by atoms with E-state index in [-0.39, 0.29) is 5.56 Å². The minimum atomic E-state index is -0.229. The molecule has 0 bridgehead atoms. The van der Waals surface area contributed by atoms with Crippen molar-refractivity contribution in [1.82, 2.24) is 10.2 Å². The van der Waals surface area contributed by atoms with Crippen LogP contribution in [-0.4, -0.2) is 10.2 Å². The van der Waals surface area contributed by atoms with Gasteiger partial charge in [0.2, 0.25) is 0 Å². The Hall–Kier alpha value is -1.12. The summed E-state index contributed by atoms with van der Waals surface area (Å²) >= 11 is 0. The highest BCUT2D eigenvalue weighted by molar-refractivity contribution is 5.08. The Bertz CT molecular complexity index is 228. The van der Waals surface area contributed by atoms with Gasteiger partial charge < -0.3 is 0 Å². The molecule has 0 fully saturated rings. The largest absolute Gasteiger partial charge is 0.268 e. The predicted octanol–water partition coefficient (Wildman–Crippen LogP) is -0.0479. The van der Waals surface area contributed by atoms with Crippen LogP contribution in [0.4, 0.5) is 0 Å². The van der Waals surface area contributed by atoms with Crippen molar-refractivity contribution in [1.29, 1.82) is 0 Å². The highest BCUT2D eigenvalue weighted by atomic mass is 16.1. The van der Waals surface area contributed by atoms with E-state index in [1.165, 1.54) is 6.20 Å². The summed E-state index contributed by atoms with van der Waals surface area (Å²) in [6.07, 6.45) is 1.49. The van der Waals surface area contributed by atoms with Gasteiger partial charge in [0, 0.05) is 11.8 Å². The summed E-state index contributed by atoms with van der Waals surface area (Å²) in [4.78, 5) is 10.4. The van der Waals surface area contributed by atoms with Crippen molar-refractivity contribution in [3.63, 3.8) is 0 Å². The van der Waals surface area contributed by atoms with Gasteiger partial charge in [-0.05, 0) is 13.0 Å². The van der Waals surface area contributed by atoms with Gasteiger partial charge in [-0.2, -0.15) is 5.10 Å². The quantitative estimate of drug-likeness (QED) is 0.507. The smallest absolute Gasteiger partial charge is 0.267 e. The molecule has 0 aromatic carbocycles. The molecular formula is C5H5N2O. The van der Waals surface area contributed by atoms with Crippen LogP contribution in [0, 0.1) is 6.92 Å². The summed E-state index contributed by atoms with van der Waals surface area (Å²) in [5.74, 6) is 0. The van der Waals surface area contributed by atoms with E-state index in [0.29, 0.717) is 5.56 Å². The van der Waals surface area contributed by atoms with Crippen molar-refractivity contribution in [2.24, 2.45) is 0 Å². The highest BCUT2D eigenvalue weighted by Gasteiger charge is 1.85. The molecule has 3 nitrogen and oxygen atoms in total. The van der Waals surface area contributed by atoms with Crippen LogP contribution in [0.5, 0.6) is 0 Å². The van der Waals surface area contributed by atoms with E-state index in [1.54, 1.807) is 6.07 Å². The second-order valence-corrected chi connectivity index (χ2v) is 1.41. The maximum atomic E-state index is 10.4. The Kier molecular flexibility index (Phi) is 1.12. The predicted molar refractivity (Wildman–Crippen MR) is 29.3 cm³/mol. The zero-order chi connectivity index (χ0) is 5.98. The van der Waals surface area contributed by atoms with Crippen LogP contribution >= 0.6 is 0 Å². The molecule has 8 heavy (non-hydrogen) atoms. The maximum absolute atomic E-state index is 10.4. The Balaban J connectivity index is 3.35. The first-order chi connectivity index (χ1) is 3.80. The summed E-state index contributed by atoms with van der Waals surface area (Å²) in [6, 6.07) is 1.55. The molecule has 0 aliphatic rings. The van der Waals surface area contributed by atoms with E-state index < -0.39 is 0 Å². The third kappa shape index (κ3) is 0.753. The molecule has 1 N–H and O–H groups in total. The van der Waals surface area contributed by atoms with Crippen molar-refractivity contribution in [2.45, 2.75) is 0 Å². The zero-order valence-electron chi connectivity index (χ0n) is 4.22. The van der Waals surface area contributed by atoms with E-state index in [4.69, 9.17) is 0 Å². The average molecular weight is 109 g/mol. The normalized spacial score (nSPS) is 9.12. The number of nitrogens with one attached hydrogen (secondary N) is 1. The summed E-state index contributed by atoms with van der Waals surface area (Å²) in [5, 5.41) is 5.70. The number of H-pyrrole nitrogens is 1. The molecule has 1 aromatic heterocycles. The van der Waals surface area contributed by atoms with Crippen molar-refractivity contribution in [2.75, 3.05) is 0 Å². The van der Waals surface area contributed by atoms with Crippen LogP contribution in [-0.2, 0) is 0 Å². The first-order valence-electron chi connectivity index (χ1n) is 2.16. The second-order valence-electron chi connectivity index (χ2n) is 1.41. The number of aromatic amines is 1. The fourth-order valence-electron chi connectivity index (χ4n) is 0.371. The zero-order valence-corrected chi connectivity index (χ0v) is 4.22. The lowest BCUT2D eigenvalue weighted by atomic mass is 10.4. The molecule has 0 unspecified atom stereocenters. The minimum absolute atomic E-state index is 0.229. The molecule has 3 heteroatoms. The molecule has 0 saturated heterocycles. The van der Waals surface area contributed by atoms with Gasteiger partial charge in [0.15, 0.2) is 0 Å². The summed E-state index contributed by atoms with van der Waals surface area (Å²) in [5.41, 5.74) is 0.215. The number of nitrogens with zero attached hydrogens (tertiary/aromatic N) is 1. The molecule has 0 saturated carbocycles. The maximum Gasteiger partial charge on any atom is 0.267 e. The lowest BCUT2D eigenvalue weighted by molar-refractivity contribution is 0.979. The first kappa shape index (κ1) is 5.03. The molecule has 1 rings (SSSR count). The molecular weight excluding hydrogens is 104 g/mol. The number of hydrogen-bond acceptors (Lipinski definition) is 2. The molecule has 0 amide bonds. The fraction of sp³-hybridized carbons (Fsp3) is 0. The van der Waals surface area contributed by atoms with Gasteiger partial charge >= 0.3 is 0 Å². The van der Waals surface area contributed by atoms with Gasteiger partial charge in [-0.1, -0.05) is 0 Å². The van der Waals surface area contributed by atoms with Gasteiger partial charge in [-0.3, -0.25) is 4.79 Å². The fourth-order valence-corrected chi connectivity index (χ4v) is 0.371. The van der Waals surface area contributed by atoms with E-state index >= 15 is 0 Å². The number of hydrogen-bond donors (Lipinski definition) is 1. The standard InChI is InChI=1S/C5H5N2O/c1-4-2-3-6-7-5(4)8/h2-3H,1H2,(H,7,8). The van der Waals surface area contributed by atoms with Gasteiger partial charge in [-0.25, -0.2) is 5.10 Å². The third-order valence-electron chi connectivity index (χ3n) is 0.808. The summed E-state index contributed by atoms with van der Waals surface area (Å²) < 4.78 is 0. The van der Waals surface area contributed by atoms with Crippen LogP contribution in [0.1, 0.15) is 5.56 Å². The summed E-state index contributed by atoms with van der Waals surface area (Å²) in [7, 11) is 0. The topological polar surface area (TPSA) is 45.8 Å². The van der Waals surface area contributed by atoms with Crippen molar-refractivity contribution in [3.05, 3.63) is 35.1 Å². The van der Waals surface area contributed by atoms with Crippen LogP contribution in [0.3, 0.4) is 0 Å². The average Bonchev–Trinajstić information content (AvgIpc) is 1.77. The Morgan fingerprint density at radius 3 is 2.88 bits per heavy atom. The molecule has 1 aromatic rings. The van der Waals surface area contributed by atoms with Crippen LogP contribution in [0.15, 0.2) is 17.1 Å². The highest BCUT2D eigenvalue weighted by Crippen LogP contribution is 1.77. The van der Waals surface area contributed by atoms with Crippen molar-refractivity contribution < 1.29 is 0 Å². The Morgan fingerprint density at radius 1 is 1.75 bits per heavy atom. The number of aromatic nitrogens is 2. The van der Waals surface area contributed by atoms with Crippen LogP contribution in [0.2, 0.25) is 0 Å². The van der Waals surface area contributed by atoms with Crippen molar-refractivity contribution >= 4 is 0 Å². The van der Waals surface area contributed by atoms with Gasteiger partial charge in [0.1, 0.15) is 0 Å². The second kappa shape index (κ2) is 1.78. The van der Waals surface area contributed by atoms with Gasteiger partial charge in [-0.15, -0.1) is 0 Å². The minimum Gasteiger partial charge on any atom is -0.268 e. The number of rotatable bonds is 0. The molecule has 0 spiro atoms. The van der Waals surface area contributed by atoms with E-state index in [1.807, 2.05) is 0 Å². The first-order valence-corrected chi connectivity index (χ1v) is 2.16. The molecule has 0 aliphatic carbocycles. The van der Waals surface area contributed by atoms with Gasteiger partial charge in [0.25, 0.3) is 5.56 Å². The van der Waals surface area contributed by atoms with E-state index in [0.717, 1.165) is 0 Å². The van der Waals surface area contributed by atoms with Gasteiger partial charge in [0.05, 0.1) is 0 Å². The molecule has 41 valence electrons. The lowest BCUT2D eigenvalue weighted by Crippen LogP contribution is -2.08.